The average molecular weight is 400 g/mol. The van der Waals surface area contributed by atoms with Crippen LogP contribution in [0.2, 0.25) is 5.02 Å². The van der Waals surface area contributed by atoms with Gasteiger partial charge in [-0.3, -0.25) is 0 Å². The molecule has 0 spiro atoms. The Morgan fingerprint density at radius 3 is 3.11 bits per heavy atom. The van der Waals surface area contributed by atoms with Crippen LogP contribution in [0.15, 0.2) is 18.3 Å². The van der Waals surface area contributed by atoms with Gasteiger partial charge >= 0.3 is 7.12 Å². The van der Waals surface area contributed by atoms with E-state index >= 15 is 0 Å². The van der Waals surface area contributed by atoms with Gasteiger partial charge in [-0.1, -0.05) is 11.6 Å². The Morgan fingerprint density at radius 2 is 2.29 bits per heavy atom. The zero-order valence-corrected chi connectivity index (χ0v) is 16.0. The lowest BCUT2D eigenvalue weighted by Crippen LogP contribution is -2.38. The second-order valence-electron chi connectivity index (χ2n) is 6.89. The summed E-state index contributed by atoms with van der Waals surface area (Å²) in [6.07, 6.45) is 2.18. The SMILES string of the molecule is Cc1cc(Nc2ncc(Cl)c(NC3COCC[C@@H]3C#N)n2)cc2c1B(O)OC2. The molecule has 2 aliphatic heterocycles. The standard InChI is InChI=1S/C18H19BClN5O3/c1-10-4-13(5-12-8-28-19(26)16(10)12)23-18-22-7-14(20)17(25-18)24-15-9-27-3-2-11(15)6-21/h4-5,7,11,15,26H,2-3,8-9H2,1H3,(H2,22,23,24,25)/t11-,15?/m1/s1. The quantitative estimate of drug-likeness (QED) is 0.667. The van der Waals surface area contributed by atoms with E-state index in [0.29, 0.717) is 43.0 Å². The molecule has 0 radical (unpaired) electrons. The summed E-state index contributed by atoms with van der Waals surface area (Å²) < 4.78 is 10.7. The lowest BCUT2D eigenvalue weighted by Gasteiger charge is -2.28. The minimum absolute atomic E-state index is 0.165. The van der Waals surface area contributed by atoms with E-state index in [2.05, 4.69) is 26.7 Å². The minimum Gasteiger partial charge on any atom is -0.423 e. The molecule has 0 aliphatic carbocycles. The number of hydrogen-bond acceptors (Lipinski definition) is 8. The van der Waals surface area contributed by atoms with Crippen molar-refractivity contribution in [3.8, 4) is 6.07 Å². The molecule has 0 amide bonds. The van der Waals surface area contributed by atoms with Gasteiger partial charge in [-0.05, 0) is 42.1 Å². The second-order valence-corrected chi connectivity index (χ2v) is 7.30. The van der Waals surface area contributed by atoms with Gasteiger partial charge in [-0.25, -0.2) is 4.98 Å². The van der Waals surface area contributed by atoms with E-state index in [4.69, 9.17) is 21.0 Å². The van der Waals surface area contributed by atoms with Crippen LogP contribution in [-0.4, -0.2) is 41.4 Å². The molecule has 8 nitrogen and oxygen atoms in total. The number of nitrogens with zero attached hydrogens (tertiary/aromatic N) is 3. The summed E-state index contributed by atoms with van der Waals surface area (Å²) in [6.45, 7) is 3.28. The van der Waals surface area contributed by atoms with Crippen LogP contribution < -0.4 is 16.1 Å². The maximum Gasteiger partial charge on any atom is 0.492 e. The molecule has 144 valence electrons. The highest BCUT2D eigenvalue weighted by molar-refractivity contribution is 6.62. The third kappa shape index (κ3) is 3.77. The maximum absolute atomic E-state index is 9.88. The average Bonchev–Trinajstić information content (AvgIpc) is 3.06. The van der Waals surface area contributed by atoms with Gasteiger partial charge in [0.15, 0.2) is 5.82 Å². The Morgan fingerprint density at radius 1 is 1.43 bits per heavy atom. The van der Waals surface area contributed by atoms with E-state index in [0.717, 1.165) is 22.3 Å². The second kappa shape index (κ2) is 7.93. The predicted molar refractivity (Wildman–Crippen MR) is 106 cm³/mol. The van der Waals surface area contributed by atoms with Crippen LogP contribution in [0, 0.1) is 24.2 Å². The van der Waals surface area contributed by atoms with Gasteiger partial charge in [0.1, 0.15) is 5.02 Å². The molecule has 1 fully saturated rings. The van der Waals surface area contributed by atoms with Crippen molar-refractivity contribution in [2.24, 2.45) is 5.92 Å². The Hall–Kier alpha value is -2.38. The molecule has 1 aromatic carbocycles. The number of aryl methyl sites for hydroxylation is 1. The Kier molecular flexibility index (Phi) is 5.37. The number of benzene rings is 1. The van der Waals surface area contributed by atoms with Crippen LogP contribution in [0.4, 0.5) is 17.5 Å². The number of aromatic nitrogens is 2. The van der Waals surface area contributed by atoms with Crippen LogP contribution in [0.5, 0.6) is 0 Å². The first-order valence-electron chi connectivity index (χ1n) is 9.01. The van der Waals surface area contributed by atoms with Crippen molar-refractivity contribution >= 4 is 41.6 Å². The number of hydrogen-bond donors (Lipinski definition) is 3. The van der Waals surface area contributed by atoms with Gasteiger partial charge in [-0.2, -0.15) is 10.2 Å². The molecule has 3 heterocycles. The summed E-state index contributed by atoms with van der Waals surface area (Å²) in [5, 5.41) is 26.0. The number of ether oxygens (including phenoxy) is 1. The fraction of sp³-hybridized carbons (Fsp3) is 0.389. The van der Waals surface area contributed by atoms with Gasteiger partial charge in [0, 0.05) is 12.3 Å². The fourth-order valence-electron chi connectivity index (χ4n) is 3.54. The molecule has 28 heavy (non-hydrogen) atoms. The van der Waals surface area contributed by atoms with Crippen molar-refractivity contribution in [1.29, 1.82) is 5.26 Å². The molecule has 2 aliphatic rings. The van der Waals surface area contributed by atoms with E-state index in [-0.39, 0.29) is 12.0 Å². The highest BCUT2D eigenvalue weighted by atomic mass is 35.5. The van der Waals surface area contributed by atoms with E-state index < -0.39 is 7.12 Å². The lowest BCUT2D eigenvalue weighted by atomic mass is 9.76. The predicted octanol–water partition coefficient (Wildman–Crippen LogP) is 1.74. The lowest BCUT2D eigenvalue weighted by molar-refractivity contribution is 0.0698. The van der Waals surface area contributed by atoms with Crippen LogP contribution in [-0.2, 0) is 16.0 Å². The molecule has 0 saturated carbocycles. The summed E-state index contributed by atoms with van der Waals surface area (Å²) in [5.74, 6) is 0.657. The van der Waals surface area contributed by atoms with Crippen molar-refractivity contribution < 1.29 is 14.4 Å². The third-order valence-corrected chi connectivity index (χ3v) is 5.24. The number of rotatable bonds is 4. The summed E-state index contributed by atoms with van der Waals surface area (Å²) in [5.41, 5.74) is 3.45. The van der Waals surface area contributed by atoms with Gasteiger partial charge in [0.05, 0.1) is 37.4 Å². The Balaban J connectivity index is 1.55. The molecule has 1 aromatic heterocycles. The van der Waals surface area contributed by atoms with Crippen molar-refractivity contribution in [3.63, 3.8) is 0 Å². The largest absolute Gasteiger partial charge is 0.492 e. The summed E-state index contributed by atoms with van der Waals surface area (Å²) in [7, 11) is -0.877. The Bertz CT molecular complexity index is 938. The number of anilines is 3. The number of halogens is 1. The van der Waals surface area contributed by atoms with E-state index in [1.165, 1.54) is 6.20 Å². The van der Waals surface area contributed by atoms with E-state index in [1.807, 2.05) is 19.1 Å². The van der Waals surface area contributed by atoms with Crippen LogP contribution in [0.25, 0.3) is 0 Å². The highest BCUT2D eigenvalue weighted by Gasteiger charge is 2.30. The fourth-order valence-corrected chi connectivity index (χ4v) is 3.68. The van der Waals surface area contributed by atoms with Crippen molar-refractivity contribution in [1.82, 2.24) is 9.97 Å². The van der Waals surface area contributed by atoms with Crippen LogP contribution in [0.1, 0.15) is 17.5 Å². The van der Waals surface area contributed by atoms with Crippen molar-refractivity contribution in [2.75, 3.05) is 23.8 Å². The minimum atomic E-state index is -0.877. The molecule has 10 heteroatoms. The van der Waals surface area contributed by atoms with E-state index in [9.17, 15) is 10.3 Å². The van der Waals surface area contributed by atoms with Gasteiger partial charge in [-0.15, -0.1) is 0 Å². The molecule has 1 saturated heterocycles. The first kappa shape index (κ1) is 19.0. The molecular weight excluding hydrogens is 380 g/mol. The summed E-state index contributed by atoms with van der Waals surface area (Å²) >= 11 is 6.24. The molecule has 0 bridgehead atoms. The molecule has 2 atom stereocenters. The Labute approximate surface area is 168 Å². The zero-order chi connectivity index (χ0) is 19.7. The number of fused-ring (bicyclic) bond motifs is 1. The topological polar surface area (TPSA) is 112 Å². The van der Waals surface area contributed by atoms with Crippen LogP contribution >= 0.6 is 11.6 Å². The normalized spacial score (nSPS) is 21.1. The molecule has 1 unspecified atom stereocenters. The first-order valence-corrected chi connectivity index (χ1v) is 9.39. The summed E-state index contributed by atoms with van der Waals surface area (Å²) in [6, 6.07) is 5.94. The zero-order valence-electron chi connectivity index (χ0n) is 15.3. The first-order chi connectivity index (χ1) is 13.5. The van der Waals surface area contributed by atoms with Crippen LogP contribution in [0.3, 0.4) is 0 Å². The van der Waals surface area contributed by atoms with Gasteiger partial charge < -0.3 is 25.0 Å². The molecule has 3 N–H and O–H groups in total. The highest BCUT2D eigenvalue weighted by Crippen LogP contribution is 2.26. The molecule has 4 rings (SSSR count). The smallest absolute Gasteiger partial charge is 0.423 e. The maximum atomic E-state index is 9.88. The van der Waals surface area contributed by atoms with Crippen molar-refractivity contribution in [2.45, 2.75) is 26.0 Å². The van der Waals surface area contributed by atoms with E-state index in [1.54, 1.807) is 0 Å². The third-order valence-electron chi connectivity index (χ3n) is 4.96. The molecular formula is C18H19BClN5O3. The number of nitrogens with one attached hydrogen (secondary N) is 2. The molecule has 2 aromatic rings. The monoisotopic (exact) mass is 399 g/mol. The van der Waals surface area contributed by atoms with Gasteiger partial charge in [0.2, 0.25) is 5.95 Å². The van der Waals surface area contributed by atoms with Crippen molar-refractivity contribution in [3.05, 3.63) is 34.5 Å². The number of nitriles is 1. The van der Waals surface area contributed by atoms with Gasteiger partial charge in [0.25, 0.3) is 0 Å². The summed E-state index contributed by atoms with van der Waals surface area (Å²) in [4.78, 5) is 8.69.